The quantitative estimate of drug-likeness (QED) is 0.821. The van der Waals surface area contributed by atoms with E-state index in [0.717, 1.165) is 5.56 Å². The maximum Gasteiger partial charge on any atom is 0.169 e. The highest BCUT2D eigenvalue weighted by atomic mass is 79.9. The smallest absolute Gasteiger partial charge is 0.169 e. The van der Waals surface area contributed by atoms with Crippen LogP contribution in [0.4, 0.5) is 0 Å². The molecule has 1 aromatic carbocycles. The Morgan fingerprint density at radius 3 is 2.87 bits per heavy atom. The van der Waals surface area contributed by atoms with Gasteiger partial charge in [-0.1, -0.05) is 12.1 Å². The third-order valence-electron chi connectivity index (χ3n) is 1.97. The number of rotatable bonds is 2. The first-order valence-electron chi connectivity index (χ1n) is 4.21. The van der Waals surface area contributed by atoms with Crippen LogP contribution in [0.1, 0.15) is 10.5 Å². The van der Waals surface area contributed by atoms with Crippen LogP contribution in [-0.4, -0.2) is 21.6 Å². The maximum absolute atomic E-state index is 10.6. The van der Waals surface area contributed by atoms with Gasteiger partial charge >= 0.3 is 0 Å². The second-order valence-electron chi connectivity index (χ2n) is 2.97. The minimum absolute atomic E-state index is 0.162. The summed E-state index contributed by atoms with van der Waals surface area (Å²) in [4.78, 5) is 10.6. The number of aromatic nitrogens is 2. The fourth-order valence-electron chi connectivity index (χ4n) is 1.26. The van der Waals surface area contributed by atoms with Crippen molar-refractivity contribution >= 4 is 22.2 Å². The van der Waals surface area contributed by atoms with Crippen LogP contribution in [0.5, 0.6) is 5.75 Å². The van der Waals surface area contributed by atoms with Crippen molar-refractivity contribution in [1.29, 1.82) is 0 Å². The van der Waals surface area contributed by atoms with Crippen molar-refractivity contribution < 1.29 is 9.90 Å². The molecular formula is C10H7BrN2O2. The van der Waals surface area contributed by atoms with Gasteiger partial charge in [0.15, 0.2) is 6.29 Å². The lowest BCUT2D eigenvalue weighted by molar-refractivity contribution is 0.111. The first-order chi connectivity index (χ1) is 7.22. The number of hydrogen-bond donors (Lipinski definition) is 2. The summed E-state index contributed by atoms with van der Waals surface area (Å²) in [5.41, 5.74) is 1.73. The van der Waals surface area contributed by atoms with E-state index in [1.807, 2.05) is 0 Å². The lowest BCUT2D eigenvalue weighted by Crippen LogP contribution is -1.79. The molecule has 15 heavy (non-hydrogen) atoms. The lowest BCUT2D eigenvalue weighted by Gasteiger charge is -1.98. The zero-order chi connectivity index (χ0) is 10.8. The molecule has 0 bridgehead atoms. The number of nitrogens with one attached hydrogen (secondary N) is 1. The van der Waals surface area contributed by atoms with Gasteiger partial charge in [-0.2, -0.15) is 5.10 Å². The first kappa shape index (κ1) is 9.92. The average Bonchev–Trinajstić information content (AvgIpc) is 2.59. The van der Waals surface area contributed by atoms with Gasteiger partial charge in [-0.25, -0.2) is 0 Å². The molecule has 0 amide bonds. The molecule has 0 fully saturated rings. The highest BCUT2D eigenvalue weighted by Crippen LogP contribution is 2.29. The summed E-state index contributed by atoms with van der Waals surface area (Å²) in [5, 5.41) is 15.9. The Labute approximate surface area is 94.1 Å². The van der Waals surface area contributed by atoms with Gasteiger partial charge in [0.2, 0.25) is 0 Å². The van der Waals surface area contributed by atoms with E-state index in [2.05, 4.69) is 26.1 Å². The van der Waals surface area contributed by atoms with Crippen LogP contribution in [-0.2, 0) is 0 Å². The molecule has 0 atom stereocenters. The molecule has 0 saturated heterocycles. The molecule has 0 saturated carbocycles. The fourth-order valence-corrected chi connectivity index (χ4v) is 1.76. The minimum Gasteiger partial charge on any atom is -0.508 e. The molecule has 0 spiro atoms. The van der Waals surface area contributed by atoms with Gasteiger partial charge in [-0.05, 0) is 28.1 Å². The van der Waals surface area contributed by atoms with Gasteiger partial charge in [-0.15, -0.1) is 0 Å². The summed E-state index contributed by atoms with van der Waals surface area (Å²) >= 11 is 3.27. The molecule has 2 N–H and O–H groups in total. The van der Waals surface area contributed by atoms with Gasteiger partial charge in [0.1, 0.15) is 17.1 Å². The summed E-state index contributed by atoms with van der Waals surface area (Å²) in [5.74, 6) is 0.162. The standard InChI is InChI=1S/C10H7BrN2O2/c11-9-8(5-14)12-13-10(9)6-2-1-3-7(15)4-6/h1-5,15H,(H,12,13). The van der Waals surface area contributed by atoms with Crippen LogP contribution in [0.15, 0.2) is 28.7 Å². The van der Waals surface area contributed by atoms with Gasteiger partial charge in [0.25, 0.3) is 0 Å². The number of nitrogens with zero attached hydrogens (tertiary/aromatic N) is 1. The number of H-pyrrole nitrogens is 1. The van der Waals surface area contributed by atoms with Crippen molar-refractivity contribution in [3.63, 3.8) is 0 Å². The van der Waals surface area contributed by atoms with Gasteiger partial charge in [0.05, 0.1) is 4.47 Å². The number of phenols is 1. The number of aromatic hydroxyl groups is 1. The van der Waals surface area contributed by atoms with Crippen molar-refractivity contribution in [2.75, 3.05) is 0 Å². The average molecular weight is 267 g/mol. The molecule has 0 aliphatic carbocycles. The van der Waals surface area contributed by atoms with E-state index >= 15 is 0 Å². The first-order valence-corrected chi connectivity index (χ1v) is 5.00. The van der Waals surface area contributed by atoms with Crippen LogP contribution in [0, 0.1) is 0 Å². The van der Waals surface area contributed by atoms with Crippen LogP contribution in [0.2, 0.25) is 0 Å². The second-order valence-corrected chi connectivity index (χ2v) is 3.76. The van der Waals surface area contributed by atoms with Crippen molar-refractivity contribution in [3.05, 3.63) is 34.4 Å². The van der Waals surface area contributed by atoms with Crippen LogP contribution >= 0.6 is 15.9 Å². The number of halogens is 1. The molecule has 76 valence electrons. The van der Waals surface area contributed by atoms with Crippen molar-refractivity contribution in [2.24, 2.45) is 0 Å². The Morgan fingerprint density at radius 2 is 2.27 bits per heavy atom. The highest BCUT2D eigenvalue weighted by Gasteiger charge is 2.11. The van der Waals surface area contributed by atoms with E-state index in [1.165, 1.54) is 0 Å². The largest absolute Gasteiger partial charge is 0.508 e. The molecule has 2 aromatic rings. The summed E-state index contributed by atoms with van der Waals surface area (Å²) in [6, 6.07) is 6.67. The number of aromatic amines is 1. The van der Waals surface area contributed by atoms with E-state index in [-0.39, 0.29) is 5.75 Å². The van der Waals surface area contributed by atoms with E-state index in [9.17, 15) is 9.90 Å². The summed E-state index contributed by atoms with van der Waals surface area (Å²) < 4.78 is 0.600. The molecule has 2 rings (SSSR count). The monoisotopic (exact) mass is 266 g/mol. The Morgan fingerprint density at radius 1 is 1.47 bits per heavy atom. The summed E-state index contributed by atoms with van der Waals surface area (Å²) in [7, 11) is 0. The van der Waals surface area contributed by atoms with Crippen molar-refractivity contribution in [2.45, 2.75) is 0 Å². The molecule has 4 nitrogen and oxygen atoms in total. The minimum atomic E-state index is 0.162. The number of hydrogen-bond acceptors (Lipinski definition) is 3. The third kappa shape index (κ3) is 1.78. The number of phenolic OH excluding ortho intramolecular Hbond substituents is 1. The number of benzene rings is 1. The SMILES string of the molecule is O=Cc1[nH]nc(-c2cccc(O)c2)c1Br. The number of carbonyl (C=O) groups excluding carboxylic acids is 1. The zero-order valence-corrected chi connectivity index (χ0v) is 9.15. The maximum atomic E-state index is 10.6. The highest BCUT2D eigenvalue weighted by molar-refractivity contribution is 9.10. The van der Waals surface area contributed by atoms with E-state index in [4.69, 9.17) is 0 Å². The van der Waals surface area contributed by atoms with Crippen LogP contribution in [0.25, 0.3) is 11.3 Å². The molecular weight excluding hydrogens is 260 g/mol. The second kappa shape index (κ2) is 3.86. The molecule has 0 aliphatic heterocycles. The topological polar surface area (TPSA) is 66.0 Å². The summed E-state index contributed by atoms with van der Waals surface area (Å²) in [6.45, 7) is 0. The normalized spacial score (nSPS) is 10.2. The lowest BCUT2D eigenvalue weighted by atomic mass is 10.1. The zero-order valence-electron chi connectivity index (χ0n) is 7.57. The van der Waals surface area contributed by atoms with Crippen molar-refractivity contribution in [3.8, 4) is 17.0 Å². The van der Waals surface area contributed by atoms with E-state index in [0.29, 0.717) is 22.1 Å². The molecule has 5 heteroatoms. The predicted molar refractivity (Wildman–Crippen MR) is 58.8 cm³/mol. The Balaban J connectivity index is 2.54. The Bertz CT molecular complexity index is 508. The van der Waals surface area contributed by atoms with E-state index in [1.54, 1.807) is 24.3 Å². The van der Waals surface area contributed by atoms with Gasteiger partial charge in [-0.3, -0.25) is 9.89 Å². The van der Waals surface area contributed by atoms with Gasteiger partial charge in [0, 0.05) is 5.56 Å². The van der Waals surface area contributed by atoms with E-state index < -0.39 is 0 Å². The molecule has 0 unspecified atom stereocenters. The van der Waals surface area contributed by atoms with Crippen molar-refractivity contribution in [1.82, 2.24) is 10.2 Å². The summed E-state index contributed by atoms with van der Waals surface area (Å²) in [6.07, 6.45) is 0.684. The van der Waals surface area contributed by atoms with Crippen LogP contribution in [0.3, 0.4) is 0 Å². The predicted octanol–water partition coefficient (Wildman–Crippen LogP) is 2.36. The Kier molecular flexibility index (Phi) is 2.55. The molecule has 0 radical (unpaired) electrons. The molecule has 1 heterocycles. The number of aldehydes is 1. The fraction of sp³-hybridized carbons (Fsp3) is 0. The third-order valence-corrected chi connectivity index (χ3v) is 2.77. The number of carbonyl (C=O) groups is 1. The van der Waals surface area contributed by atoms with Crippen LogP contribution < -0.4 is 0 Å². The van der Waals surface area contributed by atoms with Gasteiger partial charge < -0.3 is 5.11 Å². The molecule has 0 aliphatic rings. The molecule has 1 aromatic heterocycles. The Hall–Kier alpha value is -1.62.